The van der Waals surface area contributed by atoms with Gasteiger partial charge in [-0.05, 0) is 49.2 Å². The third-order valence-electron chi connectivity index (χ3n) is 3.16. The predicted molar refractivity (Wildman–Crippen MR) is 80.5 cm³/mol. The molecule has 0 bridgehead atoms. The Kier molecular flexibility index (Phi) is 4.94. The predicted octanol–water partition coefficient (Wildman–Crippen LogP) is 3.94. The molecule has 3 heteroatoms. The second kappa shape index (κ2) is 6.69. The van der Waals surface area contributed by atoms with E-state index in [0.29, 0.717) is 0 Å². The molecule has 2 nitrogen and oxygen atoms in total. The Morgan fingerprint density at radius 3 is 2.74 bits per heavy atom. The monoisotopic (exact) mass is 274 g/mol. The van der Waals surface area contributed by atoms with Gasteiger partial charge in [-0.3, -0.25) is 4.98 Å². The molecule has 0 fully saturated rings. The largest absolute Gasteiger partial charge is 0.310 e. The van der Waals surface area contributed by atoms with E-state index in [1.807, 2.05) is 31.3 Å². The molecule has 1 aromatic carbocycles. The van der Waals surface area contributed by atoms with Crippen LogP contribution in [-0.2, 0) is 6.42 Å². The topological polar surface area (TPSA) is 24.9 Å². The molecular formula is C16H19ClN2. The van der Waals surface area contributed by atoms with Crippen LogP contribution < -0.4 is 5.32 Å². The lowest BCUT2D eigenvalue weighted by Crippen LogP contribution is -2.23. The van der Waals surface area contributed by atoms with E-state index in [4.69, 9.17) is 11.6 Å². The number of aryl methyl sites for hydroxylation is 1. The second-order valence-electron chi connectivity index (χ2n) is 4.64. The van der Waals surface area contributed by atoms with Crippen molar-refractivity contribution in [3.63, 3.8) is 0 Å². The van der Waals surface area contributed by atoms with Gasteiger partial charge in [0.05, 0.1) is 0 Å². The van der Waals surface area contributed by atoms with E-state index < -0.39 is 0 Å². The van der Waals surface area contributed by atoms with Crippen LogP contribution in [0.25, 0.3) is 0 Å². The minimum atomic E-state index is 0.270. The van der Waals surface area contributed by atoms with Crippen LogP contribution in [0.15, 0.2) is 42.6 Å². The van der Waals surface area contributed by atoms with E-state index in [1.165, 1.54) is 11.1 Å². The number of pyridine rings is 1. The minimum absolute atomic E-state index is 0.270. The van der Waals surface area contributed by atoms with Crippen LogP contribution in [0.5, 0.6) is 0 Å². The second-order valence-corrected chi connectivity index (χ2v) is 5.04. The zero-order chi connectivity index (χ0) is 13.7. The van der Waals surface area contributed by atoms with Gasteiger partial charge in [-0.25, -0.2) is 0 Å². The Bertz CT molecular complexity index is 540. The number of halogens is 1. The van der Waals surface area contributed by atoms with Gasteiger partial charge >= 0.3 is 0 Å². The quantitative estimate of drug-likeness (QED) is 0.893. The Hall–Kier alpha value is -1.38. The normalized spacial score (nSPS) is 12.4. The molecule has 19 heavy (non-hydrogen) atoms. The van der Waals surface area contributed by atoms with E-state index in [-0.39, 0.29) is 6.04 Å². The maximum atomic E-state index is 6.25. The molecular weight excluding hydrogens is 256 g/mol. The van der Waals surface area contributed by atoms with Crippen molar-refractivity contribution in [3.05, 3.63) is 64.4 Å². The molecule has 2 rings (SSSR count). The van der Waals surface area contributed by atoms with Crippen LogP contribution in [0.3, 0.4) is 0 Å². The summed E-state index contributed by atoms with van der Waals surface area (Å²) in [5, 5.41) is 4.35. The number of hydrogen-bond donors (Lipinski definition) is 1. The molecule has 0 aliphatic heterocycles. The SMILES string of the molecule is CCNC(Cc1ccccc1Cl)c1ccnc(C)c1. The summed E-state index contributed by atoms with van der Waals surface area (Å²) in [5.74, 6) is 0. The molecule has 1 heterocycles. The fourth-order valence-electron chi connectivity index (χ4n) is 2.22. The molecule has 1 aromatic heterocycles. The van der Waals surface area contributed by atoms with Gasteiger partial charge in [-0.15, -0.1) is 0 Å². The van der Waals surface area contributed by atoms with Crippen LogP contribution in [0.4, 0.5) is 0 Å². The molecule has 1 N–H and O–H groups in total. The van der Waals surface area contributed by atoms with E-state index in [1.54, 1.807) is 0 Å². The average molecular weight is 275 g/mol. The zero-order valence-corrected chi connectivity index (χ0v) is 12.1. The first kappa shape index (κ1) is 14.0. The number of hydrogen-bond acceptors (Lipinski definition) is 2. The smallest absolute Gasteiger partial charge is 0.0438 e. The maximum Gasteiger partial charge on any atom is 0.0438 e. The Morgan fingerprint density at radius 1 is 1.26 bits per heavy atom. The fourth-order valence-corrected chi connectivity index (χ4v) is 2.44. The Morgan fingerprint density at radius 2 is 2.05 bits per heavy atom. The van der Waals surface area contributed by atoms with Gasteiger partial charge < -0.3 is 5.32 Å². The van der Waals surface area contributed by atoms with Gasteiger partial charge in [0.25, 0.3) is 0 Å². The highest BCUT2D eigenvalue weighted by molar-refractivity contribution is 6.31. The summed E-state index contributed by atoms with van der Waals surface area (Å²) in [6, 6.07) is 12.5. The Balaban J connectivity index is 2.24. The molecule has 2 aromatic rings. The van der Waals surface area contributed by atoms with E-state index >= 15 is 0 Å². The van der Waals surface area contributed by atoms with Gasteiger partial charge in [0.15, 0.2) is 0 Å². The van der Waals surface area contributed by atoms with Crippen molar-refractivity contribution < 1.29 is 0 Å². The third kappa shape index (κ3) is 3.79. The van der Waals surface area contributed by atoms with Crippen molar-refractivity contribution >= 4 is 11.6 Å². The van der Waals surface area contributed by atoms with Crippen molar-refractivity contribution in [2.75, 3.05) is 6.54 Å². The van der Waals surface area contributed by atoms with Gasteiger partial charge in [-0.1, -0.05) is 36.7 Å². The lowest BCUT2D eigenvalue weighted by molar-refractivity contribution is 0.549. The van der Waals surface area contributed by atoms with Crippen LogP contribution in [0.1, 0.15) is 29.8 Å². The van der Waals surface area contributed by atoms with Gasteiger partial charge in [-0.2, -0.15) is 0 Å². The summed E-state index contributed by atoms with van der Waals surface area (Å²) in [6.45, 7) is 5.06. The van der Waals surface area contributed by atoms with E-state index in [0.717, 1.165) is 23.7 Å². The first-order valence-corrected chi connectivity index (χ1v) is 6.98. The van der Waals surface area contributed by atoms with Crippen molar-refractivity contribution in [3.8, 4) is 0 Å². The summed E-state index contributed by atoms with van der Waals surface area (Å²) in [4.78, 5) is 4.25. The molecule has 0 aliphatic rings. The van der Waals surface area contributed by atoms with Crippen LogP contribution in [-0.4, -0.2) is 11.5 Å². The number of likely N-dealkylation sites (N-methyl/N-ethyl adjacent to an activating group) is 1. The number of rotatable bonds is 5. The van der Waals surface area contributed by atoms with Gasteiger partial charge in [0.2, 0.25) is 0 Å². The van der Waals surface area contributed by atoms with Crippen LogP contribution in [0.2, 0.25) is 5.02 Å². The van der Waals surface area contributed by atoms with Crippen molar-refractivity contribution in [2.45, 2.75) is 26.3 Å². The summed E-state index contributed by atoms with van der Waals surface area (Å²) in [6.07, 6.45) is 2.75. The third-order valence-corrected chi connectivity index (χ3v) is 3.52. The fraction of sp³-hybridized carbons (Fsp3) is 0.312. The molecule has 0 radical (unpaired) electrons. The highest BCUT2D eigenvalue weighted by atomic mass is 35.5. The minimum Gasteiger partial charge on any atom is -0.310 e. The molecule has 100 valence electrons. The molecule has 0 aliphatic carbocycles. The summed E-state index contributed by atoms with van der Waals surface area (Å²) in [7, 11) is 0. The number of benzene rings is 1. The first-order chi connectivity index (χ1) is 9.20. The average Bonchev–Trinajstić information content (AvgIpc) is 2.40. The van der Waals surface area contributed by atoms with Crippen molar-refractivity contribution in [2.24, 2.45) is 0 Å². The summed E-state index contributed by atoms with van der Waals surface area (Å²) >= 11 is 6.25. The van der Waals surface area contributed by atoms with Crippen molar-refractivity contribution in [1.29, 1.82) is 0 Å². The molecule has 1 atom stereocenters. The van der Waals surface area contributed by atoms with Crippen LogP contribution >= 0.6 is 11.6 Å². The number of aromatic nitrogens is 1. The Labute approximate surface area is 119 Å². The van der Waals surface area contributed by atoms with E-state index in [9.17, 15) is 0 Å². The molecule has 1 unspecified atom stereocenters. The highest BCUT2D eigenvalue weighted by Gasteiger charge is 2.13. The van der Waals surface area contributed by atoms with E-state index in [2.05, 4.69) is 35.4 Å². The zero-order valence-electron chi connectivity index (χ0n) is 11.4. The molecule has 0 saturated heterocycles. The van der Waals surface area contributed by atoms with Gasteiger partial charge in [0, 0.05) is 23.0 Å². The summed E-state index contributed by atoms with van der Waals surface area (Å²) < 4.78 is 0. The highest BCUT2D eigenvalue weighted by Crippen LogP contribution is 2.23. The molecule has 0 spiro atoms. The lowest BCUT2D eigenvalue weighted by atomic mass is 9.99. The summed E-state index contributed by atoms with van der Waals surface area (Å²) in [5.41, 5.74) is 3.47. The van der Waals surface area contributed by atoms with Gasteiger partial charge in [0.1, 0.15) is 0 Å². The first-order valence-electron chi connectivity index (χ1n) is 6.60. The molecule has 0 saturated carbocycles. The molecule has 0 amide bonds. The standard InChI is InChI=1S/C16H19ClN2/c1-3-18-16(14-8-9-19-12(2)10-14)11-13-6-4-5-7-15(13)17/h4-10,16,18H,3,11H2,1-2H3. The number of nitrogens with zero attached hydrogens (tertiary/aromatic N) is 1. The number of nitrogens with one attached hydrogen (secondary N) is 1. The van der Waals surface area contributed by atoms with Crippen LogP contribution in [0, 0.1) is 6.92 Å². The lowest BCUT2D eigenvalue weighted by Gasteiger charge is -2.19. The van der Waals surface area contributed by atoms with Crippen molar-refractivity contribution in [1.82, 2.24) is 10.3 Å². The maximum absolute atomic E-state index is 6.25.